The SMILES string of the molecule is CC(C)NC(=O)Nc1ccc(C(=O)NC2CC3CCC(C2)N3)cc1. The molecule has 130 valence electrons. The van der Waals surface area contributed by atoms with Crippen molar-refractivity contribution in [1.29, 1.82) is 0 Å². The van der Waals surface area contributed by atoms with E-state index < -0.39 is 0 Å². The molecule has 1 aromatic rings. The Morgan fingerprint density at radius 2 is 1.71 bits per heavy atom. The monoisotopic (exact) mass is 330 g/mol. The molecule has 3 amide bonds. The summed E-state index contributed by atoms with van der Waals surface area (Å²) >= 11 is 0. The minimum absolute atomic E-state index is 0.0421. The molecule has 0 spiro atoms. The van der Waals surface area contributed by atoms with Crippen LogP contribution in [0.4, 0.5) is 10.5 Å². The van der Waals surface area contributed by atoms with Crippen LogP contribution in [0.1, 0.15) is 49.9 Å². The summed E-state index contributed by atoms with van der Waals surface area (Å²) in [5, 5.41) is 12.2. The number of fused-ring (bicyclic) bond motifs is 2. The van der Waals surface area contributed by atoms with Crippen LogP contribution >= 0.6 is 0 Å². The lowest BCUT2D eigenvalue weighted by molar-refractivity contribution is 0.0924. The molecule has 6 nitrogen and oxygen atoms in total. The first-order valence-electron chi connectivity index (χ1n) is 8.74. The number of rotatable bonds is 4. The number of carbonyl (C=O) groups excluding carboxylic acids is 2. The zero-order valence-corrected chi connectivity index (χ0v) is 14.3. The van der Waals surface area contributed by atoms with Gasteiger partial charge < -0.3 is 21.3 Å². The third kappa shape index (κ3) is 4.26. The summed E-state index contributed by atoms with van der Waals surface area (Å²) in [4.78, 5) is 24.1. The third-order valence-corrected chi connectivity index (χ3v) is 4.63. The van der Waals surface area contributed by atoms with Gasteiger partial charge in [-0.15, -0.1) is 0 Å². The zero-order valence-electron chi connectivity index (χ0n) is 14.3. The van der Waals surface area contributed by atoms with Gasteiger partial charge in [0, 0.05) is 35.4 Å². The van der Waals surface area contributed by atoms with Gasteiger partial charge in [0.15, 0.2) is 0 Å². The fourth-order valence-electron chi connectivity index (χ4n) is 3.58. The molecule has 2 unspecified atom stereocenters. The average molecular weight is 330 g/mol. The van der Waals surface area contributed by atoms with Crippen LogP contribution in [0, 0.1) is 0 Å². The Bertz CT molecular complexity index is 588. The number of piperidine rings is 1. The lowest BCUT2D eigenvalue weighted by Gasteiger charge is -2.29. The van der Waals surface area contributed by atoms with Crippen LogP contribution in [-0.2, 0) is 0 Å². The van der Waals surface area contributed by atoms with E-state index in [1.807, 2.05) is 13.8 Å². The van der Waals surface area contributed by atoms with E-state index in [0.717, 1.165) is 12.8 Å². The second kappa shape index (κ2) is 7.21. The van der Waals surface area contributed by atoms with Crippen LogP contribution in [-0.4, -0.2) is 36.1 Å². The van der Waals surface area contributed by atoms with Gasteiger partial charge in [-0.2, -0.15) is 0 Å². The molecule has 1 aromatic carbocycles. The van der Waals surface area contributed by atoms with Gasteiger partial charge in [0.05, 0.1) is 0 Å². The van der Waals surface area contributed by atoms with E-state index in [1.54, 1.807) is 24.3 Å². The molecule has 2 heterocycles. The maximum Gasteiger partial charge on any atom is 0.319 e. The van der Waals surface area contributed by atoms with E-state index in [9.17, 15) is 9.59 Å². The van der Waals surface area contributed by atoms with Gasteiger partial charge in [-0.3, -0.25) is 4.79 Å². The van der Waals surface area contributed by atoms with E-state index in [2.05, 4.69) is 21.3 Å². The fraction of sp³-hybridized carbons (Fsp3) is 0.556. The highest BCUT2D eigenvalue weighted by Crippen LogP contribution is 2.27. The topological polar surface area (TPSA) is 82.3 Å². The molecule has 2 aliphatic heterocycles. The van der Waals surface area contributed by atoms with Gasteiger partial charge in [0.1, 0.15) is 0 Å². The first-order valence-corrected chi connectivity index (χ1v) is 8.74. The quantitative estimate of drug-likeness (QED) is 0.683. The molecule has 2 bridgehead atoms. The fourth-order valence-corrected chi connectivity index (χ4v) is 3.58. The molecule has 2 aliphatic rings. The van der Waals surface area contributed by atoms with Crippen molar-refractivity contribution in [2.45, 2.75) is 63.7 Å². The van der Waals surface area contributed by atoms with E-state index in [4.69, 9.17) is 0 Å². The Balaban J connectivity index is 1.53. The highest BCUT2D eigenvalue weighted by molar-refractivity contribution is 5.95. The summed E-state index contributed by atoms with van der Waals surface area (Å²) in [6.45, 7) is 3.81. The second-order valence-corrected chi connectivity index (χ2v) is 7.11. The number of nitrogens with one attached hydrogen (secondary N) is 4. The van der Waals surface area contributed by atoms with Gasteiger partial charge in [0.2, 0.25) is 0 Å². The van der Waals surface area contributed by atoms with Gasteiger partial charge in [0.25, 0.3) is 5.91 Å². The summed E-state index contributed by atoms with van der Waals surface area (Å²) in [5.41, 5.74) is 1.29. The van der Waals surface area contributed by atoms with Crippen molar-refractivity contribution in [3.05, 3.63) is 29.8 Å². The van der Waals surface area contributed by atoms with E-state index in [1.165, 1.54) is 12.8 Å². The number of urea groups is 1. The molecule has 0 radical (unpaired) electrons. The van der Waals surface area contributed by atoms with Gasteiger partial charge in [-0.05, 0) is 63.8 Å². The Kier molecular flexibility index (Phi) is 5.04. The van der Waals surface area contributed by atoms with Crippen molar-refractivity contribution < 1.29 is 9.59 Å². The minimum atomic E-state index is -0.243. The highest BCUT2D eigenvalue weighted by Gasteiger charge is 2.34. The molecule has 0 aromatic heterocycles. The van der Waals surface area contributed by atoms with E-state index in [-0.39, 0.29) is 24.0 Å². The number of hydrogen-bond acceptors (Lipinski definition) is 3. The molecule has 4 N–H and O–H groups in total. The summed E-state index contributed by atoms with van der Waals surface area (Å²) in [6, 6.07) is 8.20. The molecule has 2 atom stereocenters. The van der Waals surface area contributed by atoms with E-state index >= 15 is 0 Å². The molecule has 2 fully saturated rings. The lowest BCUT2D eigenvalue weighted by atomic mass is 9.99. The van der Waals surface area contributed by atoms with Gasteiger partial charge >= 0.3 is 6.03 Å². The smallest absolute Gasteiger partial charge is 0.319 e. The standard InChI is InChI=1S/C18H26N4O2/c1-11(2)19-18(24)22-13-5-3-12(4-6-13)17(23)21-16-9-14-7-8-15(10-16)20-14/h3-6,11,14-16,20H,7-10H2,1-2H3,(H,21,23)(H2,19,22,24). The first kappa shape index (κ1) is 16.8. The summed E-state index contributed by atoms with van der Waals surface area (Å²) in [7, 11) is 0. The largest absolute Gasteiger partial charge is 0.349 e. The van der Waals surface area contributed by atoms with Gasteiger partial charge in [-0.25, -0.2) is 4.79 Å². The third-order valence-electron chi connectivity index (χ3n) is 4.63. The van der Waals surface area contributed by atoms with Crippen LogP contribution < -0.4 is 21.3 Å². The molecule has 0 saturated carbocycles. The zero-order chi connectivity index (χ0) is 17.1. The van der Waals surface area contributed by atoms with Crippen molar-refractivity contribution in [2.24, 2.45) is 0 Å². The molecule has 0 aliphatic carbocycles. The summed E-state index contributed by atoms with van der Waals surface area (Å²) in [6.07, 6.45) is 4.46. The maximum absolute atomic E-state index is 12.4. The second-order valence-electron chi connectivity index (χ2n) is 7.11. The van der Waals surface area contributed by atoms with Crippen LogP contribution in [0.5, 0.6) is 0 Å². The van der Waals surface area contributed by atoms with Crippen molar-refractivity contribution >= 4 is 17.6 Å². The molecule has 2 saturated heterocycles. The number of hydrogen-bond donors (Lipinski definition) is 4. The van der Waals surface area contributed by atoms with Crippen molar-refractivity contribution in [3.63, 3.8) is 0 Å². The van der Waals surface area contributed by atoms with Gasteiger partial charge in [-0.1, -0.05) is 0 Å². The Hall–Kier alpha value is -2.08. The Morgan fingerprint density at radius 1 is 1.08 bits per heavy atom. The van der Waals surface area contributed by atoms with Crippen molar-refractivity contribution in [1.82, 2.24) is 16.0 Å². The maximum atomic E-state index is 12.4. The Morgan fingerprint density at radius 3 is 2.29 bits per heavy atom. The normalized spacial score (nSPS) is 25.4. The minimum Gasteiger partial charge on any atom is -0.349 e. The van der Waals surface area contributed by atoms with Crippen LogP contribution in [0.25, 0.3) is 0 Å². The Labute approximate surface area is 142 Å². The number of carbonyl (C=O) groups is 2. The van der Waals surface area contributed by atoms with Crippen molar-refractivity contribution in [2.75, 3.05) is 5.32 Å². The van der Waals surface area contributed by atoms with Crippen LogP contribution in [0.2, 0.25) is 0 Å². The average Bonchev–Trinajstić information content (AvgIpc) is 2.86. The van der Waals surface area contributed by atoms with Crippen LogP contribution in [0.15, 0.2) is 24.3 Å². The van der Waals surface area contributed by atoms with Crippen LogP contribution in [0.3, 0.4) is 0 Å². The highest BCUT2D eigenvalue weighted by atomic mass is 16.2. The molecule has 24 heavy (non-hydrogen) atoms. The summed E-state index contributed by atoms with van der Waals surface area (Å²) in [5.74, 6) is -0.0421. The molecule has 3 rings (SSSR count). The lowest BCUT2D eigenvalue weighted by Crippen LogP contribution is -2.48. The number of benzene rings is 1. The molecule has 6 heteroatoms. The number of amides is 3. The number of anilines is 1. The predicted octanol–water partition coefficient (Wildman–Crippen LogP) is 2.23. The van der Waals surface area contributed by atoms with Crippen molar-refractivity contribution in [3.8, 4) is 0 Å². The van der Waals surface area contributed by atoms with E-state index in [0.29, 0.717) is 23.3 Å². The molecular formula is C18H26N4O2. The summed E-state index contributed by atoms with van der Waals surface area (Å²) < 4.78 is 0. The predicted molar refractivity (Wildman–Crippen MR) is 94.2 cm³/mol. The molecular weight excluding hydrogens is 304 g/mol. The first-order chi connectivity index (χ1) is 11.5.